The number of H-pyrrole nitrogens is 1. The first-order chi connectivity index (χ1) is 11.2. The normalized spacial score (nSPS) is 14.3. The van der Waals surface area contributed by atoms with Crippen molar-refractivity contribution in [2.75, 3.05) is 38.2 Å². The first-order valence-corrected chi connectivity index (χ1v) is 7.37. The molecule has 0 spiro atoms. The molecule has 2 aromatic rings. The average Bonchev–Trinajstić information content (AvgIpc) is 2.62. The van der Waals surface area contributed by atoms with Crippen molar-refractivity contribution in [3.05, 3.63) is 40.2 Å². The molecular formula is C16H17N5O2. The summed E-state index contributed by atoms with van der Waals surface area (Å²) in [5.74, 6) is 1.21. The Morgan fingerprint density at radius 1 is 1.26 bits per heavy atom. The van der Waals surface area contributed by atoms with Crippen molar-refractivity contribution in [1.82, 2.24) is 15.3 Å². The third kappa shape index (κ3) is 3.03. The summed E-state index contributed by atoms with van der Waals surface area (Å²) >= 11 is 0. The third-order valence-electron chi connectivity index (χ3n) is 3.80. The lowest BCUT2D eigenvalue weighted by atomic mass is 10.1. The summed E-state index contributed by atoms with van der Waals surface area (Å²) in [6.07, 6.45) is 0. The van der Waals surface area contributed by atoms with Gasteiger partial charge in [-0.05, 0) is 24.3 Å². The number of benzene rings is 1. The summed E-state index contributed by atoms with van der Waals surface area (Å²) in [5, 5.41) is 12.6. The molecule has 0 radical (unpaired) electrons. The number of aromatic nitrogens is 2. The highest BCUT2D eigenvalue weighted by Crippen LogP contribution is 2.23. The molecule has 1 aliphatic heterocycles. The highest BCUT2D eigenvalue weighted by atomic mass is 16.5. The Balaban J connectivity index is 2.07. The minimum absolute atomic E-state index is 0.0223. The van der Waals surface area contributed by atoms with E-state index in [2.05, 4.69) is 15.3 Å². The lowest BCUT2D eigenvalue weighted by Crippen LogP contribution is -2.44. The Morgan fingerprint density at radius 2 is 1.96 bits per heavy atom. The van der Waals surface area contributed by atoms with Crippen molar-refractivity contribution in [2.45, 2.75) is 0 Å². The summed E-state index contributed by atoms with van der Waals surface area (Å²) in [7, 11) is 1.59. The van der Waals surface area contributed by atoms with Gasteiger partial charge in [-0.3, -0.25) is 9.78 Å². The van der Waals surface area contributed by atoms with E-state index in [1.807, 2.05) is 11.0 Å². The predicted molar refractivity (Wildman–Crippen MR) is 86.6 cm³/mol. The van der Waals surface area contributed by atoms with E-state index in [4.69, 9.17) is 4.74 Å². The SMILES string of the molecule is COc1ccc(-c2nc(N3CCNCC3)[nH]c(=O)c2C#N)cc1. The molecule has 1 fully saturated rings. The second-order valence-electron chi connectivity index (χ2n) is 5.19. The van der Waals surface area contributed by atoms with Crippen LogP contribution < -0.4 is 20.5 Å². The Kier molecular flexibility index (Phi) is 4.26. The highest BCUT2D eigenvalue weighted by molar-refractivity contribution is 5.67. The third-order valence-corrected chi connectivity index (χ3v) is 3.80. The van der Waals surface area contributed by atoms with E-state index in [9.17, 15) is 10.1 Å². The van der Waals surface area contributed by atoms with E-state index >= 15 is 0 Å². The maximum absolute atomic E-state index is 12.2. The molecule has 1 saturated heterocycles. The molecule has 0 unspecified atom stereocenters. The summed E-state index contributed by atoms with van der Waals surface area (Å²) in [6, 6.07) is 9.11. The van der Waals surface area contributed by atoms with Gasteiger partial charge in [-0.2, -0.15) is 5.26 Å². The van der Waals surface area contributed by atoms with Gasteiger partial charge in [0, 0.05) is 31.7 Å². The van der Waals surface area contributed by atoms with Crippen LogP contribution in [0.1, 0.15) is 5.56 Å². The monoisotopic (exact) mass is 311 g/mol. The number of nitrogens with zero attached hydrogens (tertiary/aromatic N) is 3. The van der Waals surface area contributed by atoms with Gasteiger partial charge in [0.2, 0.25) is 5.95 Å². The minimum Gasteiger partial charge on any atom is -0.497 e. The van der Waals surface area contributed by atoms with Crippen molar-refractivity contribution in [3.8, 4) is 23.1 Å². The fraction of sp³-hybridized carbons (Fsp3) is 0.312. The largest absolute Gasteiger partial charge is 0.497 e. The number of aromatic amines is 1. The standard InChI is InChI=1S/C16H17N5O2/c1-23-12-4-2-11(3-5-12)14-13(10-17)15(22)20-16(19-14)21-8-6-18-7-9-21/h2-5,18H,6-9H2,1H3,(H,19,20,22). The number of piperazine rings is 1. The number of nitriles is 1. The molecule has 23 heavy (non-hydrogen) atoms. The van der Waals surface area contributed by atoms with Crippen LogP contribution in [0.15, 0.2) is 29.1 Å². The van der Waals surface area contributed by atoms with Gasteiger partial charge in [-0.25, -0.2) is 4.98 Å². The molecule has 3 rings (SSSR count). The number of hydrogen-bond acceptors (Lipinski definition) is 6. The summed E-state index contributed by atoms with van der Waals surface area (Å²) in [4.78, 5) is 21.5. The molecule has 0 aliphatic carbocycles. The fourth-order valence-corrected chi connectivity index (χ4v) is 2.55. The van der Waals surface area contributed by atoms with Gasteiger partial charge in [0.05, 0.1) is 12.8 Å². The zero-order valence-electron chi connectivity index (χ0n) is 12.8. The van der Waals surface area contributed by atoms with Crippen LogP contribution in [0.4, 0.5) is 5.95 Å². The van der Waals surface area contributed by atoms with Crippen molar-refractivity contribution in [1.29, 1.82) is 5.26 Å². The van der Waals surface area contributed by atoms with Gasteiger partial charge in [0.25, 0.3) is 5.56 Å². The molecular weight excluding hydrogens is 294 g/mol. The molecule has 2 heterocycles. The first kappa shape index (κ1) is 15.1. The van der Waals surface area contributed by atoms with Gasteiger partial charge < -0.3 is 15.0 Å². The minimum atomic E-state index is -0.415. The van der Waals surface area contributed by atoms with Gasteiger partial charge in [-0.15, -0.1) is 0 Å². The lowest BCUT2D eigenvalue weighted by molar-refractivity contribution is 0.415. The summed E-state index contributed by atoms with van der Waals surface area (Å²) < 4.78 is 5.14. The molecule has 0 amide bonds. The number of methoxy groups -OCH3 is 1. The molecule has 1 aliphatic rings. The maximum Gasteiger partial charge on any atom is 0.270 e. The molecule has 0 atom stereocenters. The van der Waals surface area contributed by atoms with Crippen molar-refractivity contribution < 1.29 is 4.74 Å². The van der Waals surface area contributed by atoms with Crippen LogP contribution in [0.3, 0.4) is 0 Å². The topological polar surface area (TPSA) is 94.0 Å². The molecule has 7 nitrogen and oxygen atoms in total. The summed E-state index contributed by atoms with van der Waals surface area (Å²) in [5.41, 5.74) is 0.716. The van der Waals surface area contributed by atoms with E-state index in [1.54, 1.807) is 31.4 Å². The van der Waals surface area contributed by atoms with Crippen LogP contribution in [-0.2, 0) is 0 Å². The molecule has 7 heteroatoms. The van der Waals surface area contributed by atoms with Crippen LogP contribution in [0.5, 0.6) is 5.75 Å². The number of hydrogen-bond donors (Lipinski definition) is 2. The zero-order valence-corrected chi connectivity index (χ0v) is 12.8. The van der Waals surface area contributed by atoms with E-state index in [0.717, 1.165) is 26.2 Å². The van der Waals surface area contributed by atoms with Crippen molar-refractivity contribution >= 4 is 5.95 Å². The van der Waals surface area contributed by atoms with Crippen LogP contribution in [0.25, 0.3) is 11.3 Å². The predicted octanol–water partition coefficient (Wildman–Crippen LogP) is 0.727. The van der Waals surface area contributed by atoms with Gasteiger partial charge in [0.1, 0.15) is 17.4 Å². The van der Waals surface area contributed by atoms with Gasteiger partial charge in [0.15, 0.2) is 0 Å². The first-order valence-electron chi connectivity index (χ1n) is 7.37. The van der Waals surface area contributed by atoms with Crippen LogP contribution in [-0.4, -0.2) is 43.3 Å². The Labute approximate surface area is 133 Å². The summed E-state index contributed by atoms with van der Waals surface area (Å²) in [6.45, 7) is 3.19. The van der Waals surface area contributed by atoms with Crippen LogP contribution in [0.2, 0.25) is 0 Å². The van der Waals surface area contributed by atoms with Crippen molar-refractivity contribution in [2.24, 2.45) is 0 Å². The number of ether oxygens (including phenoxy) is 1. The molecule has 2 N–H and O–H groups in total. The lowest BCUT2D eigenvalue weighted by Gasteiger charge is -2.28. The second kappa shape index (κ2) is 6.50. The quantitative estimate of drug-likeness (QED) is 0.868. The van der Waals surface area contributed by atoms with E-state index in [1.165, 1.54) is 0 Å². The van der Waals surface area contributed by atoms with Gasteiger partial charge >= 0.3 is 0 Å². The smallest absolute Gasteiger partial charge is 0.270 e. The van der Waals surface area contributed by atoms with Crippen molar-refractivity contribution in [3.63, 3.8) is 0 Å². The van der Waals surface area contributed by atoms with E-state index < -0.39 is 5.56 Å². The zero-order chi connectivity index (χ0) is 16.2. The van der Waals surface area contributed by atoms with E-state index in [-0.39, 0.29) is 5.56 Å². The van der Waals surface area contributed by atoms with E-state index in [0.29, 0.717) is 23.0 Å². The molecule has 118 valence electrons. The number of rotatable bonds is 3. The Morgan fingerprint density at radius 3 is 2.57 bits per heavy atom. The highest BCUT2D eigenvalue weighted by Gasteiger charge is 2.18. The van der Waals surface area contributed by atoms with Crippen LogP contribution in [0, 0.1) is 11.3 Å². The van der Waals surface area contributed by atoms with Crippen LogP contribution >= 0.6 is 0 Å². The molecule has 1 aromatic carbocycles. The Hall–Kier alpha value is -2.85. The fourth-order valence-electron chi connectivity index (χ4n) is 2.55. The number of anilines is 1. The average molecular weight is 311 g/mol. The Bertz CT molecular complexity index is 786. The molecule has 0 saturated carbocycles. The molecule has 1 aromatic heterocycles. The number of nitrogens with one attached hydrogen (secondary N) is 2. The second-order valence-corrected chi connectivity index (χ2v) is 5.19. The maximum atomic E-state index is 12.2. The van der Waals surface area contributed by atoms with Gasteiger partial charge in [-0.1, -0.05) is 0 Å². The molecule has 0 bridgehead atoms.